The van der Waals surface area contributed by atoms with Crippen molar-refractivity contribution >= 4 is 11.6 Å². The Labute approximate surface area is 115 Å². The third kappa shape index (κ3) is 3.13. The van der Waals surface area contributed by atoms with Gasteiger partial charge in [-0.2, -0.15) is 0 Å². The fourth-order valence-corrected chi connectivity index (χ4v) is 2.51. The molecule has 19 heavy (non-hydrogen) atoms. The Hall–Kier alpha value is -1.42. The Morgan fingerprint density at radius 3 is 2.37 bits per heavy atom. The van der Waals surface area contributed by atoms with E-state index in [4.69, 9.17) is 0 Å². The topological polar surface area (TPSA) is 36.4 Å². The van der Waals surface area contributed by atoms with Crippen molar-refractivity contribution in [3.63, 3.8) is 0 Å². The summed E-state index contributed by atoms with van der Waals surface area (Å²) in [6.07, 6.45) is 1.76. The summed E-state index contributed by atoms with van der Waals surface area (Å²) < 4.78 is 0. The molecule has 0 unspecified atom stereocenters. The van der Waals surface area contributed by atoms with E-state index in [1.54, 1.807) is 13.1 Å². The number of ketones is 1. The van der Waals surface area contributed by atoms with E-state index < -0.39 is 0 Å². The van der Waals surface area contributed by atoms with Gasteiger partial charge in [0.15, 0.2) is 5.78 Å². The second-order valence-corrected chi connectivity index (χ2v) is 6.08. The van der Waals surface area contributed by atoms with Crippen LogP contribution in [0.4, 0.5) is 5.82 Å². The van der Waals surface area contributed by atoms with Crippen molar-refractivity contribution < 1.29 is 4.79 Å². The van der Waals surface area contributed by atoms with Crippen LogP contribution in [0.25, 0.3) is 0 Å². The van der Waals surface area contributed by atoms with Gasteiger partial charge < -0.3 is 4.90 Å². The zero-order valence-electron chi connectivity index (χ0n) is 12.3. The van der Waals surface area contributed by atoms with Crippen LogP contribution in [0.3, 0.4) is 0 Å². The van der Waals surface area contributed by atoms with Gasteiger partial charge in [0.25, 0.3) is 0 Å². The number of carbonyl (C=O) groups excluding carboxylic acids is 1. The molecule has 4 nitrogen and oxygen atoms in total. The van der Waals surface area contributed by atoms with E-state index in [1.165, 1.54) is 0 Å². The molecule has 1 aromatic heterocycles. The normalized spacial score (nSPS) is 17.6. The Balaban J connectivity index is 2.12. The molecule has 0 aromatic carbocycles. The lowest BCUT2D eigenvalue weighted by Crippen LogP contribution is -2.53. The highest BCUT2D eigenvalue weighted by Gasteiger charge is 2.27. The smallest absolute Gasteiger partial charge is 0.163 e. The molecule has 2 heterocycles. The van der Waals surface area contributed by atoms with Gasteiger partial charge in [0.2, 0.25) is 0 Å². The third-order valence-electron chi connectivity index (χ3n) is 3.69. The number of pyridine rings is 1. The van der Waals surface area contributed by atoms with Gasteiger partial charge in [-0.3, -0.25) is 9.69 Å². The highest BCUT2D eigenvalue weighted by atomic mass is 16.1. The van der Waals surface area contributed by atoms with Crippen LogP contribution in [0.5, 0.6) is 0 Å². The van der Waals surface area contributed by atoms with Gasteiger partial charge >= 0.3 is 0 Å². The molecule has 4 heteroatoms. The molecule has 104 valence electrons. The molecule has 2 rings (SSSR count). The molecule has 0 atom stereocenters. The van der Waals surface area contributed by atoms with Crippen LogP contribution < -0.4 is 4.90 Å². The molecule has 1 saturated heterocycles. The maximum Gasteiger partial charge on any atom is 0.163 e. The Morgan fingerprint density at radius 1 is 1.21 bits per heavy atom. The van der Waals surface area contributed by atoms with E-state index in [0.717, 1.165) is 37.6 Å². The maximum absolute atomic E-state index is 11.7. The number of nitrogens with zero attached hydrogens (tertiary/aromatic N) is 3. The van der Waals surface area contributed by atoms with E-state index in [1.807, 2.05) is 12.1 Å². The van der Waals surface area contributed by atoms with Gasteiger partial charge in [0, 0.05) is 37.9 Å². The highest BCUT2D eigenvalue weighted by Crippen LogP contribution is 2.22. The second kappa shape index (κ2) is 5.29. The number of Topliss-reactive ketones (excluding diaryl/α,β-unsaturated/α-hetero) is 1. The van der Waals surface area contributed by atoms with Crippen LogP contribution in [0, 0.1) is 0 Å². The van der Waals surface area contributed by atoms with Crippen LogP contribution in [0.2, 0.25) is 0 Å². The fraction of sp³-hybridized carbons (Fsp3) is 0.600. The number of rotatable bonds is 2. The van der Waals surface area contributed by atoms with E-state index in [0.29, 0.717) is 0 Å². The Morgan fingerprint density at radius 2 is 1.84 bits per heavy atom. The minimum absolute atomic E-state index is 0.0846. The molecular formula is C15H23N3O. The molecule has 0 amide bonds. The standard InChI is InChI=1S/C15H23N3O/c1-12(19)13-6-5-7-16-14(13)17-8-10-18(11-9-17)15(2,3)4/h5-7H,8-11H2,1-4H3. The first-order valence-electron chi connectivity index (χ1n) is 6.85. The van der Waals surface area contributed by atoms with Crippen molar-refractivity contribution in [2.24, 2.45) is 0 Å². The minimum atomic E-state index is 0.0846. The molecule has 0 bridgehead atoms. The van der Waals surface area contributed by atoms with E-state index >= 15 is 0 Å². The van der Waals surface area contributed by atoms with Crippen molar-refractivity contribution in [3.05, 3.63) is 23.9 Å². The third-order valence-corrected chi connectivity index (χ3v) is 3.69. The summed E-state index contributed by atoms with van der Waals surface area (Å²) in [6.45, 7) is 12.2. The first-order chi connectivity index (χ1) is 8.89. The van der Waals surface area contributed by atoms with Gasteiger partial charge in [-0.1, -0.05) is 0 Å². The zero-order chi connectivity index (χ0) is 14.0. The quantitative estimate of drug-likeness (QED) is 0.765. The lowest BCUT2D eigenvalue weighted by molar-refractivity contribution is 0.101. The number of anilines is 1. The monoisotopic (exact) mass is 261 g/mol. The predicted molar refractivity (Wildman–Crippen MR) is 77.8 cm³/mol. The molecule has 0 spiro atoms. The molecule has 1 aromatic rings. The number of hydrogen-bond donors (Lipinski definition) is 0. The molecule has 0 radical (unpaired) electrons. The maximum atomic E-state index is 11.7. The van der Waals surface area contributed by atoms with E-state index in [-0.39, 0.29) is 11.3 Å². The largest absolute Gasteiger partial charge is 0.353 e. The SMILES string of the molecule is CC(=O)c1cccnc1N1CCN(C(C)(C)C)CC1. The van der Waals surface area contributed by atoms with Gasteiger partial charge in [-0.25, -0.2) is 4.98 Å². The fourth-order valence-electron chi connectivity index (χ4n) is 2.51. The van der Waals surface area contributed by atoms with E-state index in [9.17, 15) is 4.79 Å². The number of piperazine rings is 1. The van der Waals surface area contributed by atoms with Gasteiger partial charge in [0.1, 0.15) is 5.82 Å². The Kier molecular flexibility index (Phi) is 3.90. The summed E-state index contributed by atoms with van der Waals surface area (Å²) in [4.78, 5) is 20.7. The van der Waals surface area contributed by atoms with Gasteiger partial charge in [-0.15, -0.1) is 0 Å². The molecule has 0 aliphatic carbocycles. The van der Waals surface area contributed by atoms with Gasteiger partial charge in [-0.05, 0) is 39.8 Å². The molecule has 0 N–H and O–H groups in total. The number of carbonyl (C=O) groups is 1. The van der Waals surface area contributed by atoms with Crippen LogP contribution in [-0.4, -0.2) is 47.4 Å². The van der Waals surface area contributed by atoms with Crippen molar-refractivity contribution in [3.8, 4) is 0 Å². The zero-order valence-corrected chi connectivity index (χ0v) is 12.3. The molecule has 0 saturated carbocycles. The summed E-state index contributed by atoms with van der Waals surface area (Å²) in [7, 11) is 0. The van der Waals surface area contributed by atoms with Crippen molar-refractivity contribution in [2.45, 2.75) is 33.2 Å². The predicted octanol–water partition coefficient (Wildman–Crippen LogP) is 2.20. The molecule has 1 aliphatic rings. The molecular weight excluding hydrogens is 238 g/mol. The summed E-state index contributed by atoms with van der Waals surface area (Å²) in [5.41, 5.74) is 0.936. The van der Waals surface area contributed by atoms with Crippen LogP contribution in [0.15, 0.2) is 18.3 Å². The highest BCUT2D eigenvalue weighted by molar-refractivity contribution is 5.98. The van der Waals surface area contributed by atoms with E-state index in [2.05, 4.69) is 35.6 Å². The average Bonchev–Trinajstić information content (AvgIpc) is 2.38. The summed E-state index contributed by atoms with van der Waals surface area (Å²) >= 11 is 0. The van der Waals surface area contributed by atoms with Crippen molar-refractivity contribution in [1.82, 2.24) is 9.88 Å². The Bertz CT molecular complexity index is 457. The summed E-state index contributed by atoms with van der Waals surface area (Å²) in [5, 5.41) is 0. The molecule has 1 fully saturated rings. The first-order valence-corrected chi connectivity index (χ1v) is 6.85. The van der Waals surface area contributed by atoms with Crippen molar-refractivity contribution in [1.29, 1.82) is 0 Å². The summed E-state index contributed by atoms with van der Waals surface area (Å²) in [5.74, 6) is 0.921. The number of aromatic nitrogens is 1. The van der Waals surface area contributed by atoms with Gasteiger partial charge in [0.05, 0.1) is 5.56 Å². The van der Waals surface area contributed by atoms with Crippen LogP contribution in [-0.2, 0) is 0 Å². The minimum Gasteiger partial charge on any atom is -0.353 e. The van der Waals surface area contributed by atoms with Crippen molar-refractivity contribution in [2.75, 3.05) is 31.1 Å². The lowest BCUT2D eigenvalue weighted by atomic mass is 10.0. The average molecular weight is 261 g/mol. The van der Waals surface area contributed by atoms with Crippen LogP contribution in [0.1, 0.15) is 38.1 Å². The summed E-state index contributed by atoms with van der Waals surface area (Å²) in [6, 6.07) is 3.69. The molecule has 1 aliphatic heterocycles. The lowest BCUT2D eigenvalue weighted by Gasteiger charge is -2.42. The second-order valence-electron chi connectivity index (χ2n) is 6.08. The number of hydrogen-bond acceptors (Lipinski definition) is 4. The van der Waals surface area contributed by atoms with Crippen LogP contribution >= 0.6 is 0 Å². The first kappa shape index (κ1) is 14.0.